The predicted molar refractivity (Wildman–Crippen MR) is 155 cm³/mol. The van der Waals surface area contributed by atoms with Crippen LogP contribution in [0.1, 0.15) is 30.1 Å². The number of rotatable bonds is 9. The third-order valence-corrected chi connectivity index (χ3v) is 12.8. The lowest BCUT2D eigenvalue weighted by Gasteiger charge is -2.69. The van der Waals surface area contributed by atoms with Gasteiger partial charge in [-0.25, -0.2) is 4.79 Å². The van der Waals surface area contributed by atoms with Gasteiger partial charge in [-0.05, 0) is 43.1 Å². The Hall–Kier alpha value is -2.12. The highest BCUT2D eigenvalue weighted by Gasteiger charge is 2.87. The number of hydrogen-bond acceptors (Lipinski definition) is 11. The first kappa shape index (κ1) is 30.5. The second kappa shape index (κ2) is 10.4. The van der Waals surface area contributed by atoms with Gasteiger partial charge in [-0.3, -0.25) is 9.69 Å². The van der Waals surface area contributed by atoms with Gasteiger partial charge in [0, 0.05) is 81.9 Å². The number of carbonyl (C=O) groups is 2. The molecule has 1 aromatic carbocycles. The molecule has 4 unspecified atom stereocenters. The Bertz CT molecular complexity index is 1310. The van der Waals surface area contributed by atoms with E-state index in [4.69, 9.17) is 28.4 Å². The predicted octanol–water partition coefficient (Wildman–Crippen LogP) is 1.18. The minimum Gasteiger partial charge on any atom is -0.497 e. The van der Waals surface area contributed by atoms with Crippen LogP contribution in [0.2, 0.25) is 0 Å². The van der Waals surface area contributed by atoms with E-state index in [1.54, 1.807) is 52.7 Å². The number of fused-ring (bicyclic) bond motifs is 2. The van der Waals surface area contributed by atoms with Crippen molar-refractivity contribution in [3.8, 4) is 5.75 Å². The van der Waals surface area contributed by atoms with E-state index in [0.717, 1.165) is 0 Å². The number of aliphatic hydroxyl groups is 2. The Balaban J connectivity index is 1.42. The number of carbonyl (C=O) groups excluding carboxylic acids is 2. The molecular weight excluding hydrogens is 570 g/mol. The van der Waals surface area contributed by atoms with Gasteiger partial charge in [0.05, 0.1) is 37.6 Å². The van der Waals surface area contributed by atoms with Crippen LogP contribution in [0.15, 0.2) is 24.3 Å². The Labute approximate surface area is 258 Å². The van der Waals surface area contributed by atoms with Crippen molar-refractivity contribution in [1.82, 2.24) is 4.90 Å². The molecule has 44 heavy (non-hydrogen) atoms. The largest absolute Gasteiger partial charge is 0.497 e. The van der Waals surface area contributed by atoms with E-state index in [2.05, 4.69) is 11.8 Å². The van der Waals surface area contributed by atoms with E-state index in [1.165, 1.54) is 7.11 Å². The van der Waals surface area contributed by atoms with Crippen LogP contribution < -0.4 is 4.74 Å². The lowest BCUT2D eigenvalue weighted by Crippen LogP contribution is -2.77. The van der Waals surface area contributed by atoms with Gasteiger partial charge in [-0.15, -0.1) is 0 Å². The number of esters is 1. The first-order chi connectivity index (χ1) is 21.1. The third kappa shape index (κ3) is 3.47. The normalized spacial score (nSPS) is 48.4. The summed E-state index contributed by atoms with van der Waals surface area (Å²) in [6.07, 6.45) is -3.03. The maximum atomic E-state index is 14.5. The molecule has 14 atom stereocenters. The highest BCUT2D eigenvalue weighted by atomic mass is 16.6. The Morgan fingerprint density at radius 3 is 2.36 bits per heavy atom. The molecule has 6 aliphatic rings. The Morgan fingerprint density at radius 1 is 1.05 bits per heavy atom. The fourth-order valence-corrected chi connectivity index (χ4v) is 11.8. The molecule has 2 N–H and O–H groups in total. The van der Waals surface area contributed by atoms with Gasteiger partial charge in [-0.1, -0.05) is 6.92 Å². The lowest BCUT2D eigenvalue weighted by molar-refractivity contribution is -0.280. The summed E-state index contributed by atoms with van der Waals surface area (Å²) in [5.41, 5.74) is -2.69. The Morgan fingerprint density at radius 2 is 1.77 bits per heavy atom. The minimum absolute atomic E-state index is 0.101. The van der Waals surface area contributed by atoms with E-state index < -0.39 is 52.5 Å². The number of aliphatic hydroxyl groups excluding tert-OH is 1. The molecule has 0 amide bonds. The summed E-state index contributed by atoms with van der Waals surface area (Å²) in [6.45, 7) is 3.73. The molecule has 11 nitrogen and oxygen atoms in total. The van der Waals surface area contributed by atoms with Gasteiger partial charge in [0.15, 0.2) is 5.78 Å². The van der Waals surface area contributed by atoms with Gasteiger partial charge in [0.25, 0.3) is 0 Å². The van der Waals surface area contributed by atoms with E-state index in [0.29, 0.717) is 37.4 Å². The topological polar surface area (TPSA) is 133 Å². The van der Waals surface area contributed by atoms with E-state index in [-0.39, 0.29) is 48.2 Å². The summed E-state index contributed by atoms with van der Waals surface area (Å²) in [6, 6.07) is 6.53. The summed E-state index contributed by atoms with van der Waals surface area (Å²) in [4.78, 5) is 30.6. The molecule has 1 saturated heterocycles. The maximum Gasteiger partial charge on any atom is 0.338 e. The van der Waals surface area contributed by atoms with E-state index >= 15 is 0 Å². The van der Waals surface area contributed by atoms with Gasteiger partial charge in [-0.2, -0.15) is 0 Å². The van der Waals surface area contributed by atoms with Crippen molar-refractivity contribution in [2.45, 2.75) is 61.9 Å². The Kier molecular flexibility index (Phi) is 7.25. The summed E-state index contributed by atoms with van der Waals surface area (Å²) in [7, 11) is 8.02. The van der Waals surface area contributed by atoms with Gasteiger partial charge >= 0.3 is 5.97 Å². The number of Topliss-reactive ketones (excluding diaryl/α,β-unsaturated/α-hetero) is 1. The monoisotopic (exact) mass is 615 g/mol. The van der Waals surface area contributed by atoms with Crippen LogP contribution in [0.5, 0.6) is 5.75 Å². The maximum absolute atomic E-state index is 14.5. The van der Waals surface area contributed by atoms with Crippen molar-refractivity contribution in [3.63, 3.8) is 0 Å². The fourth-order valence-electron chi connectivity index (χ4n) is 11.8. The summed E-state index contributed by atoms with van der Waals surface area (Å²) >= 11 is 0. The molecule has 7 bridgehead atoms. The number of hydrogen-bond donors (Lipinski definition) is 2. The number of piperidine rings is 1. The quantitative estimate of drug-likeness (QED) is 0.388. The van der Waals surface area contributed by atoms with Crippen molar-refractivity contribution < 1.29 is 48.2 Å². The van der Waals surface area contributed by atoms with Crippen LogP contribution in [-0.4, -0.2) is 124 Å². The molecule has 1 heterocycles. The van der Waals surface area contributed by atoms with Crippen molar-refractivity contribution >= 4 is 11.8 Å². The second-order valence-corrected chi connectivity index (χ2v) is 13.9. The van der Waals surface area contributed by atoms with Gasteiger partial charge in [0.2, 0.25) is 0 Å². The van der Waals surface area contributed by atoms with E-state index in [9.17, 15) is 19.8 Å². The summed E-state index contributed by atoms with van der Waals surface area (Å²) in [5.74, 6) is -1.98. The molecule has 1 aliphatic heterocycles. The zero-order valence-corrected chi connectivity index (χ0v) is 26.3. The van der Waals surface area contributed by atoms with E-state index in [1.807, 2.05) is 0 Å². The number of likely N-dealkylation sites (tertiary alicyclic amines) is 1. The highest BCUT2D eigenvalue weighted by molar-refractivity contribution is 5.92. The minimum atomic E-state index is -1.73. The summed E-state index contributed by atoms with van der Waals surface area (Å²) < 4.78 is 36.0. The molecule has 6 fully saturated rings. The molecule has 5 saturated carbocycles. The number of nitrogens with zero attached hydrogens (tertiary/aromatic N) is 1. The SMILES string of the molecule is CCN1C[C@]2(COC)[C@H](O)CC(OC)C34C1C([C@H]1C(=O)[C@@H](OC)[C@@]5(O)C[C@H]3[C@@H]1[C@H]5OC(=O)c1ccc(OC)cc1)[C@H](OC)[C@@H]42. The second-order valence-electron chi connectivity index (χ2n) is 13.9. The first-order valence-corrected chi connectivity index (χ1v) is 15.7. The zero-order chi connectivity index (χ0) is 31.3. The smallest absolute Gasteiger partial charge is 0.338 e. The van der Waals surface area contributed by atoms with Crippen LogP contribution >= 0.6 is 0 Å². The molecule has 1 spiro atoms. The molecular formula is C33H45NO10. The summed E-state index contributed by atoms with van der Waals surface area (Å²) in [5, 5.41) is 24.4. The average Bonchev–Trinajstić information content (AvgIpc) is 3.36. The molecule has 0 aromatic heterocycles. The number of ether oxygens (including phenoxy) is 6. The van der Waals surface area contributed by atoms with Gasteiger partial charge < -0.3 is 38.6 Å². The van der Waals surface area contributed by atoms with Crippen molar-refractivity contribution in [1.29, 1.82) is 0 Å². The first-order valence-electron chi connectivity index (χ1n) is 15.7. The van der Waals surface area contributed by atoms with Crippen molar-refractivity contribution in [2.75, 3.05) is 55.2 Å². The molecule has 1 aromatic rings. The average molecular weight is 616 g/mol. The highest BCUT2D eigenvalue weighted by Crippen LogP contribution is 2.78. The molecule has 0 radical (unpaired) electrons. The fraction of sp³-hybridized carbons (Fsp3) is 0.758. The molecule has 7 rings (SSSR count). The standard InChI is InChI=1S/C33H45NO10/c1-7-34-14-31(15-39-2)19(35)12-20(41-4)33-18-13-32(38)28(44-30(37)16-8-10-17(40-3)11-9-16)21(18)22(24(36)29(32)43-6)23(27(33)34)25(42-5)26(31)33/h8-11,18-23,25-29,35,38H,7,12-15H2,1-6H3/t18-,19+,20?,21-,22-,23?,25-,26+,27?,28+,29+,31-,32+,33?/m0/s1. The lowest BCUT2D eigenvalue weighted by atomic mass is 9.43. The number of ketones is 1. The number of methoxy groups -OCH3 is 5. The molecule has 11 heteroatoms. The van der Waals surface area contributed by atoms with Gasteiger partial charge in [0.1, 0.15) is 23.6 Å². The van der Waals surface area contributed by atoms with Crippen LogP contribution in [0.3, 0.4) is 0 Å². The van der Waals surface area contributed by atoms with Crippen LogP contribution in [0, 0.1) is 40.4 Å². The molecule has 242 valence electrons. The zero-order valence-electron chi connectivity index (χ0n) is 26.3. The van der Waals surface area contributed by atoms with Crippen molar-refractivity contribution in [2.24, 2.45) is 40.4 Å². The van der Waals surface area contributed by atoms with Crippen LogP contribution in [0.25, 0.3) is 0 Å². The number of benzene rings is 1. The van der Waals surface area contributed by atoms with Crippen molar-refractivity contribution in [3.05, 3.63) is 29.8 Å². The molecule has 5 aliphatic carbocycles. The van der Waals surface area contributed by atoms with Crippen LogP contribution in [0.4, 0.5) is 0 Å². The van der Waals surface area contributed by atoms with Crippen LogP contribution in [-0.2, 0) is 28.5 Å². The third-order valence-electron chi connectivity index (χ3n) is 12.8.